The van der Waals surface area contributed by atoms with Gasteiger partial charge >= 0.3 is 0 Å². The molecule has 118 valence electrons. The van der Waals surface area contributed by atoms with Crippen molar-refractivity contribution in [3.05, 3.63) is 24.3 Å². The van der Waals surface area contributed by atoms with E-state index in [9.17, 15) is 9.59 Å². The van der Waals surface area contributed by atoms with E-state index in [0.717, 1.165) is 30.3 Å². The molecule has 1 aromatic carbocycles. The Hall–Kier alpha value is -1.53. The van der Waals surface area contributed by atoms with Crippen LogP contribution < -0.4 is 14.5 Å². The Kier molecular flexibility index (Phi) is 4.69. The predicted octanol–water partition coefficient (Wildman–Crippen LogP) is 0.349. The molecule has 1 atom stereocenters. The summed E-state index contributed by atoms with van der Waals surface area (Å²) in [4.78, 5) is 27.6. The van der Waals surface area contributed by atoms with E-state index in [2.05, 4.69) is 0 Å². The second kappa shape index (κ2) is 6.71. The average molecular weight is 321 g/mol. The molecule has 0 saturated carbocycles. The zero-order chi connectivity index (χ0) is 15.5. The molecule has 2 fully saturated rings. The average Bonchev–Trinajstić information content (AvgIpc) is 2.84. The summed E-state index contributed by atoms with van der Waals surface area (Å²) in [6.45, 7) is 4.45. The van der Waals surface area contributed by atoms with Crippen LogP contribution in [-0.2, 0) is 9.59 Å². The Balaban J connectivity index is 1.76. The Bertz CT molecular complexity index is 555. The van der Waals surface area contributed by atoms with Crippen LogP contribution in [-0.4, -0.2) is 49.1 Å². The number of nitrogens with one attached hydrogen (secondary N) is 1. The fourth-order valence-corrected chi connectivity index (χ4v) is 4.08. The maximum absolute atomic E-state index is 12.7. The molecule has 2 aliphatic heterocycles. The molecule has 1 aromatic rings. The summed E-state index contributed by atoms with van der Waals surface area (Å²) >= 11 is 1.92. The van der Waals surface area contributed by atoms with Crippen LogP contribution in [0.15, 0.2) is 24.3 Å². The zero-order valence-electron chi connectivity index (χ0n) is 12.7. The normalized spacial score (nSPS) is 23.1. The van der Waals surface area contributed by atoms with Crippen molar-refractivity contribution in [3.63, 3.8) is 0 Å². The minimum atomic E-state index is -0.208. The summed E-state index contributed by atoms with van der Waals surface area (Å²) in [5.74, 6) is 2.73. The van der Waals surface area contributed by atoms with Crippen LogP contribution in [0.2, 0.25) is 0 Å². The third-order valence-electron chi connectivity index (χ3n) is 4.18. The standard InChI is InChI=1S/C16H20N2O3S/c1-2-21-13-5-3-12(4-6-13)18-15(19)11-14(16(18)20)17-7-9-22-10-8-17/h3-6,14H,2,7-11H2,1H3/p+1. The zero-order valence-corrected chi connectivity index (χ0v) is 13.5. The maximum Gasteiger partial charge on any atom is 0.292 e. The van der Waals surface area contributed by atoms with Gasteiger partial charge < -0.3 is 9.64 Å². The second-order valence-electron chi connectivity index (χ2n) is 5.52. The van der Waals surface area contributed by atoms with Crippen molar-refractivity contribution in [2.75, 3.05) is 36.1 Å². The first-order chi connectivity index (χ1) is 10.7. The van der Waals surface area contributed by atoms with E-state index in [1.807, 2.05) is 18.7 Å². The molecule has 2 saturated heterocycles. The molecule has 0 radical (unpaired) electrons. The molecular weight excluding hydrogens is 300 g/mol. The Morgan fingerprint density at radius 3 is 2.55 bits per heavy atom. The first-order valence-corrected chi connectivity index (χ1v) is 8.88. The number of carbonyl (C=O) groups is 2. The van der Waals surface area contributed by atoms with Crippen molar-refractivity contribution in [1.29, 1.82) is 0 Å². The monoisotopic (exact) mass is 321 g/mol. The number of thioether (sulfide) groups is 1. The Morgan fingerprint density at radius 1 is 1.23 bits per heavy atom. The van der Waals surface area contributed by atoms with Crippen molar-refractivity contribution in [1.82, 2.24) is 0 Å². The highest BCUT2D eigenvalue weighted by Crippen LogP contribution is 2.24. The van der Waals surface area contributed by atoms with Gasteiger partial charge in [-0.2, -0.15) is 11.8 Å². The van der Waals surface area contributed by atoms with Gasteiger partial charge in [0.2, 0.25) is 5.91 Å². The largest absolute Gasteiger partial charge is 0.494 e. The number of hydrogen-bond acceptors (Lipinski definition) is 4. The van der Waals surface area contributed by atoms with Crippen molar-refractivity contribution >= 4 is 29.3 Å². The molecule has 2 aliphatic rings. The van der Waals surface area contributed by atoms with Crippen LogP contribution >= 0.6 is 11.8 Å². The summed E-state index contributed by atoms with van der Waals surface area (Å²) in [6.07, 6.45) is 0.325. The molecule has 2 heterocycles. The second-order valence-corrected chi connectivity index (χ2v) is 6.75. The lowest BCUT2D eigenvalue weighted by Gasteiger charge is -2.27. The van der Waals surface area contributed by atoms with Crippen LogP contribution in [0.5, 0.6) is 5.75 Å². The van der Waals surface area contributed by atoms with Gasteiger partial charge in [-0.25, -0.2) is 4.90 Å². The fourth-order valence-electron chi connectivity index (χ4n) is 3.06. The molecule has 0 spiro atoms. The lowest BCUT2D eigenvalue weighted by molar-refractivity contribution is -0.911. The molecule has 0 aliphatic carbocycles. The maximum atomic E-state index is 12.7. The van der Waals surface area contributed by atoms with E-state index >= 15 is 0 Å². The number of carbonyl (C=O) groups excluding carboxylic acids is 2. The molecule has 6 heteroatoms. The van der Waals surface area contributed by atoms with Crippen molar-refractivity contribution < 1.29 is 19.2 Å². The van der Waals surface area contributed by atoms with Gasteiger partial charge in [0.25, 0.3) is 5.91 Å². The van der Waals surface area contributed by atoms with Gasteiger partial charge in [0.05, 0.1) is 31.8 Å². The van der Waals surface area contributed by atoms with Crippen LogP contribution in [0.1, 0.15) is 13.3 Å². The minimum absolute atomic E-state index is 0.0592. The van der Waals surface area contributed by atoms with Gasteiger partial charge in [0.15, 0.2) is 6.04 Å². The number of benzene rings is 1. The molecule has 1 unspecified atom stereocenters. The number of anilines is 1. The van der Waals surface area contributed by atoms with Gasteiger partial charge in [0.1, 0.15) is 5.75 Å². The van der Waals surface area contributed by atoms with Crippen LogP contribution in [0.3, 0.4) is 0 Å². The highest BCUT2D eigenvalue weighted by atomic mass is 32.2. The van der Waals surface area contributed by atoms with Gasteiger partial charge in [0, 0.05) is 11.5 Å². The lowest BCUT2D eigenvalue weighted by Crippen LogP contribution is -3.18. The lowest BCUT2D eigenvalue weighted by atomic mass is 10.2. The molecule has 1 N–H and O–H groups in total. The topological polar surface area (TPSA) is 51.0 Å². The molecule has 5 nitrogen and oxygen atoms in total. The highest BCUT2D eigenvalue weighted by Gasteiger charge is 2.45. The number of imide groups is 1. The van der Waals surface area contributed by atoms with E-state index < -0.39 is 0 Å². The number of quaternary nitrogens is 1. The summed E-state index contributed by atoms with van der Waals surface area (Å²) in [6, 6.07) is 6.96. The third kappa shape index (κ3) is 2.98. The van der Waals surface area contributed by atoms with Crippen LogP contribution in [0.4, 0.5) is 5.69 Å². The number of ether oxygens (including phenoxy) is 1. The quantitative estimate of drug-likeness (QED) is 0.813. The van der Waals surface area contributed by atoms with E-state index in [1.54, 1.807) is 24.3 Å². The molecule has 0 bridgehead atoms. The van der Waals surface area contributed by atoms with E-state index in [0.29, 0.717) is 18.7 Å². The molecule has 2 amide bonds. The summed E-state index contributed by atoms with van der Waals surface area (Å²) < 4.78 is 5.40. The van der Waals surface area contributed by atoms with Gasteiger partial charge in [-0.1, -0.05) is 0 Å². The van der Waals surface area contributed by atoms with E-state index in [1.165, 1.54) is 9.80 Å². The molecule has 0 aromatic heterocycles. The Labute approximate surface area is 134 Å². The number of nitrogens with zero attached hydrogens (tertiary/aromatic N) is 1. The third-order valence-corrected chi connectivity index (χ3v) is 5.17. The summed E-state index contributed by atoms with van der Waals surface area (Å²) in [5.41, 5.74) is 0.645. The van der Waals surface area contributed by atoms with E-state index in [4.69, 9.17) is 4.74 Å². The Morgan fingerprint density at radius 2 is 1.91 bits per heavy atom. The number of rotatable bonds is 4. The molecule has 3 rings (SSSR count). The molecule has 22 heavy (non-hydrogen) atoms. The van der Waals surface area contributed by atoms with Gasteiger partial charge in [-0.3, -0.25) is 9.59 Å². The SMILES string of the molecule is CCOc1ccc(N2C(=O)CC([NH+]3CCSCC3)C2=O)cc1. The predicted molar refractivity (Wildman–Crippen MR) is 86.5 cm³/mol. The minimum Gasteiger partial charge on any atom is -0.494 e. The molecular formula is C16H21N2O3S+. The first kappa shape index (κ1) is 15.4. The summed E-state index contributed by atoms with van der Waals surface area (Å²) in [7, 11) is 0. The van der Waals surface area contributed by atoms with E-state index in [-0.39, 0.29) is 17.9 Å². The first-order valence-electron chi connectivity index (χ1n) is 7.72. The smallest absolute Gasteiger partial charge is 0.292 e. The number of amides is 2. The van der Waals surface area contributed by atoms with Gasteiger partial charge in [-0.15, -0.1) is 0 Å². The van der Waals surface area contributed by atoms with Crippen molar-refractivity contribution in [2.45, 2.75) is 19.4 Å². The van der Waals surface area contributed by atoms with Gasteiger partial charge in [-0.05, 0) is 31.2 Å². The fraction of sp³-hybridized carbons (Fsp3) is 0.500. The van der Waals surface area contributed by atoms with Crippen LogP contribution in [0, 0.1) is 0 Å². The highest BCUT2D eigenvalue weighted by molar-refractivity contribution is 7.99. The van der Waals surface area contributed by atoms with Crippen molar-refractivity contribution in [3.8, 4) is 5.75 Å². The summed E-state index contributed by atoms with van der Waals surface area (Å²) in [5, 5.41) is 0. The van der Waals surface area contributed by atoms with Crippen LogP contribution in [0.25, 0.3) is 0 Å². The number of hydrogen-bond donors (Lipinski definition) is 1. The van der Waals surface area contributed by atoms with Crippen molar-refractivity contribution in [2.24, 2.45) is 0 Å².